The molecule has 20 heavy (non-hydrogen) atoms. The summed E-state index contributed by atoms with van der Waals surface area (Å²) in [6, 6.07) is 0. The van der Waals surface area contributed by atoms with E-state index >= 15 is 0 Å². The van der Waals surface area contributed by atoms with Gasteiger partial charge in [-0.05, 0) is 32.1 Å². The molecule has 0 aliphatic heterocycles. The van der Waals surface area contributed by atoms with E-state index in [0.29, 0.717) is 0 Å². The second-order valence-electron chi connectivity index (χ2n) is 6.36. The van der Waals surface area contributed by atoms with E-state index in [1.54, 1.807) is 0 Å². The van der Waals surface area contributed by atoms with Crippen LogP contribution in [0.25, 0.3) is 0 Å². The minimum Gasteiger partial charge on any atom is -1.00 e. The summed E-state index contributed by atoms with van der Waals surface area (Å²) in [6.45, 7) is 15.1. The number of hydrogen-bond donors (Lipinski definition) is 0. The molecule has 1 nitrogen and oxygen atoms in total. The summed E-state index contributed by atoms with van der Waals surface area (Å²) in [5.41, 5.74) is 0. The number of rotatable bonds is 14. The van der Waals surface area contributed by atoms with Crippen molar-refractivity contribution >= 4 is 0 Å². The Morgan fingerprint density at radius 1 is 0.450 bits per heavy atom. The number of hydrogen-bond acceptors (Lipinski definition) is 0. The van der Waals surface area contributed by atoms with Crippen molar-refractivity contribution in [3.8, 4) is 0 Å². The van der Waals surface area contributed by atoms with Gasteiger partial charge in [-0.2, -0.15) is 0 Å². The van der Waals surface area contributed by atoms with Crippen LogP contribution in [0, 0.1) is 0 Å². The van der Waals surface area contributed by atoms with Crippen molar-refractivity contribution in [1.82, 2.24) is 0 Å². The van der Waals surface area contributed by atoms with Crippen molar-refractivity contribution in [3.05, 3.63) is 0 Å². The summed E-state index contributed by atoms with van der Waals surface area (Å²) >= 11 is 0. The average Bonchev–Trinajstić information content (AvgIpc) is 2.44. The first-order chi connectivity index (χ1) is 9.24. The van der Waals surface area contributed by atoms with E-state index in [0.717, 1.165) is 0 Å². The van der Waals surface area contributed by atoms with Crippen molar-refractivity contribution in [3.63, 3.8) is 0 Å². The van der Waals surface area contributed by atoms with E-state index in [4.69, 9.17) is 0 Å². The predicted octanol–water partition coefficient (Wildman–Crippen LogP) is 2.79. The molecule has 0 aliphatic rings. The topological polar surface area (TPSA) is 0 Å². The van der Waals surface area contributed by atoms with Crippen LogP contribution in [-0.2, 0) is 0 Å². The van der Waals surface area contributed by atoms with Crippen molar-refractivity contribution in [1.29, 1.82) is 0 Å². The molecule has 0 bridgehead atoms. The smallest absolute Gasteiger partial charge is 0.0786 e. The van der Waals surface area contributed by atoms with Crippen molar-refractivity contribution in [2.24, 2.45) is 0 Å². The lowest BCUT2D eigenvalue weighted by Gasteiger charge is -2.39. The molecule has 0 aromatic heterocycles. The standard InChI is InChI=1S/C18H40N.BrH/c1-5-9-13-14-18-19(15-10-6-2,16-11-7-3)17-12-8-4;/h5-18H2,1-4H3;1H/q+1;/p-1. The monoisotopic (exact) mass is 349 g/mol. The second kappa shape index (κ2) is 15.8. The number of unbranched alkanes of at least 4 members (excludes halogenated alkanes) is 6. The lowest BCUT2D eigenvalue weighted by atomic mass is 10.1. The molecule has 0 aromatic rings. The Morgan fingerprint density at radius 2 is 0.800 bits per heavy atom. The normalized spacial score (nSPS) is 11.4. The third kappa shape index (κ3) is 11.1. The minimum atomic E-state index is 0. The van der Waals surface area contributed by atoms with Gasteiger partial charge in [0.15, 0.2) is 0 Å². The van der Waals surface area contributed by atoms with Gasteiger partial charge in [-0.25, -0.2) is 0 Å². The van der Waals surface area contributed by atoms with Gasteiger partial charge in [0.25, 0.3) is 0 Å². The highest BCUT2D eigenvalue weighted by Gasteiger charge is 2.24. The van der Waals surface area contributed by atoms with Crippen LogP contribution in [0.1, 0.15) is 91.9 Å². The zero-order valence-electron chi connectivity index (χ0n) is 14.7. The van der Waals surface area contributed by atoms with Gasteiger partial charge < -0.3 is 21.5 Å². The zero-order chi connectivity index (χ0) is 14.4. The third-order valence-electron chi connectivity index (χ3n) is 4.44. The zero-order valence-corrected chi connectivity index (χ0v) is 16.3. The van der Waals surface area contributed by atoms with Gasteiger partial charge in [0.05, 0.1) is 26.2 Å². The summed E-state index contributed by atoms with van der Waals surface area (Å²) in [5.74, 6) is 0. The lowest BCUT2D eigenvalue weighted by Crippen LogP contribution is -3.00. The molecule has 0 aromatic carbocycles. The van der Waals surface area contributed by atoms with Gasteiger partial charge in [0.2, 0.25) is 0 Å². The predicted molar refractivity (Wildman–Crippen MR) is 88.6 cm³/mol. The fraction of sp³-hybridized carbons (Fsp3) is 1.00. The van der Waals surface area contributed by atoms with Crippen LogP contribution in [-0.4, -0.2) is 30.7 Å². The van der Waals surface area contributed by atoms with E-state index < -0.39 is 0 Å². The maximum absolute atomic E-state index is 2.34. The summed E-state index contributed by atoms with van der Waals surface area (Å²) in [4.78, 5) is 0. The van der Waals surface area contributed by atoms with Gasteiger partial charge in [-0.1, -0.05) is 59.8 Å². The quantitative estimate of drug-likeness (QED) is 0.334. The maximum atomic E-state index is 2.34. The highest BCUT2D eigenvalue weighted by atomic mass is 79.9. The lowest BCUT2D eigenvalue weighted by molar-refractivity contribution is -0.929. The van der Waals surface area contributed by atoms with Crippen LogP contribution in [0.5, 0.6) is 0 Å². The Balaban J connectivity index is 0. The molecule has 0 rings (SSSR count). The van der Waals surface area contributed by atoms with Crippen LogP contribution >= 0.6 is 0 Å². The second-order valence-corrected chi connectivity index (χ2v) is 6.36. The van der Waals surface area contributed by atoms with Gasteiger partial charge in [0, 0.05) is 0 Å². The van der Waals surface area contributed by atoms with E-state index in [1.807, 2.05) is 0 Å². The van der Waals surface area contributed by atoms with Crippen LogP contribution < -0.4 is 17.0 Å². The molecule has 0 saturated carbocycles. The van der Waals surface area contributed by atoms with Crippen LogP contribution in [0.4, 0.5) is 0 Å². The molecule has 2 heteroatoms. The van der Waals surface area contributed by atoms with Crippen LogP contribution in [0.2, 0.25) is 0 Å². The third-order valence-corrected chi connectivity index (χ3v) is 4.44. The number of halogens is 1. The van der Waals surface area contributed by atoms with Gasteiger partial charge in [0.1, 0.15) is 0 Å². The molecule has 0 radical (unpaired) electrons. The Labute approximate surface area is 139 Å². The molecule has 0 fully saturated rings. The maximum Gasteiger partial charge on any atom is 0.0786 e. The first kappa shape index (κ1) is 22.7. The SMILES string of the molecule is CCCCCC[N+](CCCC)(CCCC)CCCC.[Br-]. The Morgan fingerprint density at radius 3 is 1.15 bits per heavy atom. The summed E-state index contributed by atoms with van der Waals surface area (Å²) in [6.07, 6.45) is 14.0. The summed E-state index contributed by atoms with van der Waals surface area (Å²) < 4.78 is 1.43. The Bertz CT molecular complexity index is 160. The van der Waals surface area contributed by atoms with Crippen molar-refractivity contribution < 1.29 is 21.5 Å². The molecule has 0 heterocycles. The number of nitrogens with zero attached hydrogens (tertiary/aromatic N) is 1. The highest BCUT2D eigenvalue weighted by Crippen LogP contribution is 2.17. The number of quaternary nitrogens is 1. The molecular weight excluding hydrogens is 310 g/mol. The first-order valence-corrected chi connectivity index (χ1v) is 9.09. The molecule has 0 amide bonds. The highest BCUT2D eigenvalue weighted by molar-refractivity contribution is 4.50. The largest absolute Gasteiger partial charge is 1.00 e. The molecule has 0 N–H and O–H groups in total. The van der Waals surface area contributed by atoms with Gasteiger partial charge >= 0.3 is 0 Å². The minimum absolute atomic E-state index is 0. The fourth-order valence-electron chi connectivity index (χ4n) is 3.03. The molecule has 0 saturated heterocycles. The van der Waals surface area contributed by atoms with Gasteiger partial charge in [-0.3, -0.25) is 0 Å². The van der Waals surface area contributed by atoms with Crippen molar-refractivity contribution in [2.75, 3.05) is 26.2 Å². The molecule has 0 aliphatic carbocycles. The Hall–Kier alpha value is 0.440. The van der Waals surface area contributed by atoms with E-state index in [2.05, 4.69) is 27.7 Å². The Kier molecular flexibility index (Phi) is 18.0. The van der Waals surface area contributed by atoms with Crippen LogP contribution in [0.15, 0.2) is 0 Å². The van der Waals surface area contributed by atoms with E-state index in [9.17, 15) is 0 Å². The summed E-state index contributed by atoms with van der Waals surface area (Å²) in [7, 11) is 0. The molecule has 124 valence electrons. The molecule has 0 atom stereocenters. The summed E-state index contributed by atoms with van der Waals surface area (Å²) in [5, 5.41) is 0. The fourth-order valence-corrected chi connectivity index (χ4v) is 3.03. The van der Waals surface area contributed by atoms with Crippen molar-refractivity contribution in [2.45, 2.75) is 91.9 Å². The van der Waals surface area contributed by atoms with Gasteiger partial charge in [-0.15, -0.1) is 0 Å². The van der Waals surface area contributed by atoms with E-state index in [-0.39, 0.29) is 17.0 Å². The molecule has 0 spiro atoms. The molecular formula is C18H40BrN. The average molecular weight is 350 g/mol. The van der Waals surface area contributed by atoms with E-state index in [1.165, 1.54) is 94.9 Å². The van der Waals surface area contributed by atoms with Crippen LogP contribution in [0.3, 0.4) is 0 Å². The first-order valence-electron chi connectivity index (χ1n) is 9.09. The molecule has 0 unspecified atom stereocenters.